The predicted molar refractivity (Wildman–Crippen MR) is 64.3 cm³/mol. The first kappa shape index (κ1) is 13.5. The Kier molecular flexibility index (Phi) is 3.82. The van der Waals surface area contributed by atoms with Gasteiger partial charge in [-0.2, -0.15) is 4.98 Å². The van der Waals surface area contributed by atoms with Gasteiger partial charge in [-0.1, -0.05) is 11.6 Å². The van der Waals surface area contributed by atoms with Crippen molar-refractivity contribution in [2.75, 3.05) is 6.54 Å². The van der Waals surface area contributed by atoms with E-state index < -0.39 is 11.4 Å². The molecule has 1 saturated carbocycles. The van der Waals surface area contributed by atoms with Crippen LogP contribution in [-0.2, 0) is 16.0 Å². The van der Waals surface area contributed by atoms with E-state index in [1.807, 2.05) is 0 Å². The van der Waals surface area contributed by atoms with Gasteiger partial charge in [0.1, 0.15) is 0 Å². The van der Waals surface area contributed by atoms with Crippen molar-refractivity contribution >= 4 is 11.9 Å². The number of hydrogen-bond donors (Lipinski definition) is 2. The summed E-state index contributed by atoms with van der Waals surface area (Å²) in [6, 6.07) is 0. The lowest BCUT2D eigenvalue weighted by Crippen LogP contribution is -2.42. The molecule has 1 aliphatic rings. The van der Waals surface area contributed by atoms with Crippen molar-refractivity contribution in [2.45, 2.75) is 39.0 Å². The van der Waals surface area contributed by atoms with Crippen molar-refractivity contribution in [3.05, 3.63) is 11.7 Å². The lowest BCUT2D eigenvalue weighted by atomic mass is 9.66. The number of hydrogen-bond acceptors (Lipinski definition) is 5. The molecule has 1 fully saturated rings. The van der Waals surface area contributed by atoms with E-state index in [1.54, 1.807) is 6.92 Å². The van der Waals surface area contributed by atoms with Crippen molar-refractivity contribution in [2.24, 2.45) is 5.41 Å². The number of aliphatic carboxylic acids is 1. The van der Waals surface area contributed by atoms with E-state index in [0.29, 0.717) is 37.5 Å². The molecule has 1 heterocycles. The van der Waals surface area contributed by atoms with E-state index >= 15 is 0 Å². The third-order valence-corrected chi connectivity index (χ3v) is 3.49. The van der Waals surface area contributed by atoms with Crippen molar-refractivity contribution in [3.8, 4) is 0 Å². The minimum atomic E-state index is -0.874. The third kappa shape index (κ3) is 3.10. The molecular weight excluding hydrogens is 250 g/mol. The molecule has 2 rings (SSSR count). The summed E-state index contributed by atoms with van der Waals surface area (Å²) in [7, 11) is 0. The average molecular weight is 267 g/mol. The number of carbonyl (C=O) groups excluding carboxylic acids is 1. The SMILES string of the molecule is Cc1noc(CCNC(=O)CC2(C(=O)O)CCC2)n1. The first-order chi connectivity index (χ1) is 9.02. The van der Waals surface area contributed by atoms with Crippen LogP contribution in [0.4, 0.5) is 0 Å². The number of nitrogens with zero attached hydrogens (tertiary/aromatic N) is 2. The van der Waals surface area contributed by atoms with Crippen LogP contribution >= 0.6 is 0 Å². The lowest BCUT2D eigenvalue weighted by Gasteiger charge is -2.36. The molecule has 0 atom stereocenters. The number of carbonyl (C=O) groups is 2. The van der Waals surface area contributed by atoms with Crippen LogP contribution in [-0.4, -0.2) is 33.7 Å². The molecule has 1 aromatic rings. The molecule has 7 nitrogen and oxygen atoms in total. The summed E-state index contributed by atoms with van der Waals surface area (Å²) >= 11 is 0. The number of carboxylic acids is 1. The Morgan fingerprint density at radius 2 is 2.21 bits per heavy atom. The van der Waals surface area contributed by atoms with Gasteiger partial charge in [-0.15, -0.1) is 0 Å². The number of nitrogens with one attached hydrogen (secondary N) is 1. The molecule has 2 N–H and O–H groups in total. The summed E-state index contributed by atoms with van der Waals surface area (Å²) in [5, 5.41) is 15.5. The standard InChI is InChI=1S/C12H17N3O4/c1-8-14-10(19-15-8)3-6-13-9(16)7-12(11(17)18)4-2-5-12/h2-7H2,1H3,(H,13,16)(H,17,18). The molecule has 1 aliphatic carbocycles. The topological polar surface area (TPSA) is 105 Å². The molecule has 0 bridgehead atoms. The van der Waals surface area contributed by atoms with E-state index in [2.05, 4.69) is 15.5 Å². The first-order valence-electron chi connectivity index (χ1n) is 6.31. The normalized spacial score (nSPS) is 16.7. The fraction of sp³-hybridized carbons (Fsp3) is 0.667. The summed E-state index contributed by atoms with van der Waals surface area (Å²) in [4.78, 5) is 26.8. The summed E-state index contributed by atoms with van der Waals surface area (Å²) < 4.78 is 4.91. The molecule has 0 radical (unpaired) electrons. The number of amides is 1. The molecule has 1 aromatic heterocycles. The molecule has 0 aliphatic heterocycles. The number of rotatable bonds is 6. The van der Waals surface area contributed by atoms with Crippen LogP contribution in [0.1, 0.15) is 37.4 Å². The fourth-order valence-electron chi connectivity index (χ4n) is 2.19. The van der Waals surface area contributed by atoms with Crippen molar-refractivity contribution < 1.29 is 19.2 Å². The molecule has 1 amide bonds. The zero-order valence-electron chi connectivity index (χ0n) is 10.8. The van der Waals surface area contributed by atoms with Gasteiger partial charge in [0.05, 0.1) is 5.41 Å². The van der Waals surface area contributed by atoms with Crippen LogP contribution < -0.4 is 5.32 Å². The molecule has 0 unspecified atom stereocenters. The van der Waals surface area contributed by atoms with Gasteiger partial charge in [0, 0.05) is 19.4 Å². The fourth-order valence-corrected chi connectivity index (χ4v) is 2.19. The Labute approximate surface area is 110 Å². The van der Waals surface area contributed by atoms with Gasteiger partial charge in [-0.3, -0.25) is 9.59 Å². The molecule has 0 spiro atoms. The number of aryl methyl sites for hydroxylation is 1. The Hall–Kier alpha value is -1.92. The second kappa shape index (κ2) is 5.38. The van der Waals surface area contributed by atoms with Crippen molar-refractivity contribution in [3.63, 3.8) is 0 Å². The van der Waals surface area contributed by atoms with Crippen LogP contribution in [0, 0.1) is 12.3 Å². The van der Waals surface area contributed by atoms with Gasteiger partial charge in [0.15, 0.2) is 5.82 Å². The van der Waals surface area contributed by atoms with Crippen LogP contribution in [0.2, 0.25) is 0 Å². The molecular formula is C12H17N3O4. The monoisotopic (exact) mass is 267 g/mol. The Bertz CT molecular complexity index is 479. The molecule has 0 aromatic carbocycles. The van der Waals surface area contributed by atoms with Crippen LogP contribution in [0.3, 0.4) is 0 Å². The lowest BCUT2D eigenvalue weighted by molar-refractivity contribution is -0.157. The zero-order valence-corrected chi connectivity index (χ0v) is 10.8. The maximum atomic E-state index is 11.7. The van der Waals surface area contributed by atoms with Crippen LogP contribution in [0.15, 0.2) is 4.52 Å². The minimum absolute atomic E-state index is 0.0468. The second-order valence-electron chi connectivity index (χ2n) is 4.95. The Balaban J connectivity index is 1.74. The predicted octanol–water partition coefficient (Wildman–Crippen LogP) is 0.682. The average Bonchev–Trinajstić information content (AvgIpc) is 2.69. The summed E-state index contributed by atoms with van der Waals surface area (Å²) in [6.07, 6.45) is 2.54. The number of carboxylic acid groups (broad SMARTS) is 1. The molecule has 104 valence electrons. The van der Waals surface area contributed by atoms with Crippen molar-refractivity contribution in [1.82, 2.24) is 15.5 Å². The largest absolute Gasteiger partial charge is 0.481 e. The quantitative estimate of drug-likeness (QED) is 0.785. The van der Waals surface area contributed by atoms with Gasteiger partial charge in [-0.05, 0) is 19.8 Å². The van der Waals surface area contributed by atoms with Gasteiger partial charge in [-0.25, -0.2) is 0 Å². The minimum Gasteiger partial charge on any atom is -0.481 e. The van der Waals surface area contributed by atoms with Gasteiger partial charge >= 0.3 is 5.97 Å². The zero-order chi connectivity index (χ0) is 13.9. The van der Waals surface area contributed by atoms with Crippen LogP contribution in [0.25, 0.3) is 0 Å². The summed E-state index contributed by atoms with van der Waals surface area (Å²) in [6.45, 7) is 2.09. The maximum absolute atomic E-state index is 11.7. The van der Waals surface area contributed by atoms with Crippen molar-refractivity contribution in [1.29, 1.82) is 0 Å². The van der Waals surface area contributed by atoms with Gasteiger partial charge < -0.3 is 14.9 Å². The van der Waals surface area contributed by atoms with E-state index in [1.165, 1.54) is 0 Å². The summed E-state index contributed by atoms with van der Waals surface area (Å²) in [5.74, 6) is -0.0882. The third-order valence-electron chi connectivity index (χ3n) is 3.49. The van der Waals surface area contributed by atoms with Crippen LogP contribution in [0.5, 0.6) is 0 Å². The van der Waals surface area contributed by atoms with E-state index in [4.69, 9.17) is 9.63 Å². The van der Waals surface area contributed by atoms with Gasteiger partial charge in [0.2, 0.25) is 11.8 Å². The Morgan fingerprint density at radius 3 is 2.68 bits per heavy atom. The maximum Gasteiger partial charge on any atom is 0.310 e. The molecule has 0 saturated heterocycles. The van der Waals surface area contributed by atoms with E-state index in [9.17, 15) is 9.59 Å². The highest BCUT2D eigenvalue weighted by atomic mass is 16.5. The second-order valence-corrected chi connectivity index (χ2v) is 4.95. The van der Waals surface area contributed by atoms with E-state index in [-0.39, 0.29) is 12.3 Å². The first-order valence-corrected chi connectivity index (χ1v) is 6.31. The highest BCUT2D eigenvalue weighted by Gasteiger charge is 2.45. The number of aromatic nitrogens is 2. The highest BCUT2D eigenvalue weighted by Crippen LogP contribution is 2.44. The summed E-state index contributed by atoms with van der Waals surface area (Å²) in [5.41, 5.74) is -0.842. The van der Waals surface area contributed by atoms with E-state index in [0.717, 1.165) is 6.42 Å². The highest BCUT2D eigenvalue weighted by molar-refractivity contribution is 5.85. The molecule has 7 heteroatoms. The Morgan fingerprint density at radius 1 is 1.47 bits per heavy atom. The van der Waals surface area contributed by atoms with Gasteiger partial charge in [0.25, 0.3) is 0 Å². The molecule has 19 heavy (non-hydrogen) atoms. The smallest absolute Gasteiger partial charge is 0.310 e.